The van der Waals surface area contributed by atoms with Gasteiger partial charge in [0.15, 0.2) is 11.5 Å². The highest BCUT2D eigenvalue weighted by Crippen LogP contribution is 2.30. The van der Waals surface area contributed by atoms with Crippen LogP contribution in [0.4, 0.5) is 0 Å². The lowest BCUT2D eigenvalue weighted by Gasteiger charge is -2.26. The maximum atomic E-state index is 12.7. The number of rotatable bonds is 6. The Hall–Kier alpha value is -4.41. The first-order valence-electron chi connectivity index (χ1n) is 11.1. The molecule has 0 saturated carbocycles. The Balaban J connectivity index is 1.49. The van der Waals surface area contributed by atoms with E-state index in [1.807, 2.05) is 48.5 Å². The van der Waals surface area contributed by atoms with Crippen LogP contribution in [0.2, 0.25) is 0 Å². The highest BCUT2D eigenvalue weighted by Gasteiger charge is 2.21. The standard InChI is InChI=1S/C28H24N2O5/c1-33-26-18-20(17-24(19-29)27(31)30-13-15-34-16-14-30)7-12-25(26)35-28(32)23-10-8-22(9-11-23)21-5-3-2-4-6-21/h2-12,17-18H,13-16H2,1H3/b24-17+. The predicted octanol–water partition coefficient (Wildman–Crippen LogP) is 4.35. The first-order valence-corrected chi connectivity index (χ1v) is 11.1. The van der Waals surface area contributed by atoms with E-state index in [9.17, 15) is 14.9 Å². The zero-order valence-corrected chi connectivity index (χ0v) is 19.3. The van der Waals surface area contributed by atoms with Gasteiger partial charge in [0.1, 0.15) is 11.6 Å². The summed E-state index contributed by atoms with van der Waals surface area (Å²) in [6, 6.07) is 23.9. The fourth-order valence-corrected chi connectivity index (χ4v) is 3.69. The first-order chi connectivity index (χ1) is 17.1. The van der Waals surface area contributed by atoms with Crippen molar-refractivity contribution in [2.45, 2.75) is 0 Å². The largest absolute Gasteiger partial charge is 0.493 e. The van der Waals surface area contributed by atoms with Crippen LogP contribution in [0.3, 0.4) is 0 Å². The van der Waals surface area contributed by atoms with Crippen LogP contribution in [0, 0.1) is 11.3 Å². The third-order valence-electron chi connectivity index (χ3n) is 5.58. The van der Waals surface area contributed by atoms with Crippen molar-refractivity contribution in [2.75, 3.05) is 33.4 Å². The molecule has 1 heterocycles. The SMILES string of the molecule is COc1cc(/C=C(\C#N)C(=O)N2CCOCC2)ccc1OC(=O)c1ccc(-c2ccccc2)cc1. The van der Waals surface area contributed by atoms with Gasteiger partial charge in [-0.2, -0.15) is 5.26 Å². The Morgan fingerprint density at radius 1 is 0.943 bits per heavy atom. The van der Waals surface area contributed by atoms with E-state index in [0.717, 1.165) is 11.1 Å². The molecule has 0 N–H and O–H groups in total. The van der Waals surface area contributed by atoms with E-state index < -0.39 is 5.97 Å². The molecular formula is C28H24N2O5. The second-order valence-corrected chi connectivity index (χ2v) is 7.82. The number of esters is 1. The minimum atomic E-state index is -0.522. The summed E-state index contributed by atoms with van der Waals surface area (Å²) in [4.78, 5) is 27.0. The van der Waals surface area contributed by atoms with Crippen LogP contribution in [0.5, 0.6) is 11.5 Å². The molecule has 1 aliphatic rings. The average molecular weight is 469 g/mol. The van der Waals surface area contributed by atoms with Crippen molar-refractivity contribution >= 4 is 18.0 Å². The van der Waals surface area contributed by atoms with Gasteiger partial charge < -0.3 is 19.1 Å². The second kappa shape index (κ2) is 11.1. The van der Waals surface area contributed by atoms with Crippen LogP contribution in [0.15, 0.2) is 78.4 Å². The Labute approximate surface area is 203 Å². The quantitative estimate of drug-likeness (QED) is 0.231. The topological polar surface area (TPSA) is 88.9 Å². The lowest BCUT2D eigenvalue weighted by molar-refractivity contribution is -0.130. The van der Waals surface area contributed by atoms with Crippen molar-refractivity contribution in [3.63, 3.8) is 0 Å². The van der Waals surface area contributed by atoms with Crippen LogP contribution >= 0.6 is 0 Å². The number of nitrogens with zero attached hydrogens (tertiary/aromatic N) is 2. The number of methoxy groups -OCH3 is 1. The summed E-state index contributed by atoms with van der Waals surface area (Å²) in [7, 11) is 1.46. The Morgan fingerprint density at radius 2 is 1.63 bits per heavy atom. The van der Waals surface area contributed by atoms with E-state index in [0.29, 0.717) is 43.2 Å². The summed E-state index contributed by atoms with van der Waals surface area (Å²) in [5, 5.41) is 9.51. The summed E-state index contributed by atoms with van der Waals surface area (Å²) in [6.45, 7) is 1.80. The summed E-state index contributed by atoms with van der Waals surface area (Å²) >= 11 is 0. The fraction of sp³-hybridized carbons (Fsp3) is 0.179. The van der Waals surface area contributed by atoms with Gasteiger partial charge in [0.2, 0.25) is 0 Å². The number of ether oxygens (including phenoxy) is 3. The van der Waals surface area contributed by atoms with Crippen molar-refractivity contribution < 1.29 is 23.8 Å². The second-order valence-electron chi connectivity index (χ2n) is 7.82. The molecule has 1 saturated heterocycles. The maximum Gasteiger partial charge on any atom is 0.343 e. The number of hydrogen-bond acceptors (Lipinski definition) is 6. The first kappa shape index (κ1) is 23.7. The molecule has 0 unspecified atom stereocenters. The van der Waals surface area contributed by atoms with Crippen LogP contribution in [0.1, 0.15) is 15.9 Å². The van der Waals surface area contributed by atoms with Crippen molar-refractivity contribution in [1.82, 2.24) is 4.90 Å². The molecule has 7 nitrogen and oxygen atoms in total. The summed E-state index contributed by atoms with van der Waals surface area (Å²) < 4.78 is 16.2. The van der Waals surface area contributed by atoms with Gasteiger partial charge in [-0.3, -0.25) is 4.79 Å². The molecule has 1 amide bonds. The molecule has 0 radical (unpaired) electrons. The monoisotopic (exact) mass is 468 g/mol. The molecule has 35 heavy (non-hydrogen) atoms. The van der Waals surface area contributed by atoms with Crippen molar-refractivity contribution in [3.05, 3.63) is 89.5 Å². The highest BCUT2D eigenvalue weighted by atomic mass is 16.6. The molecule has 0 bridgehead atoms. The number of hydrogen-bond donors (Lipinski definition) is 0. The number of carbonyl (C=O) groups excluding carboxylic acids is 2. The smallest absolute Gasteiger partial charge is 0.343 e. The van der Waals surface area contributed by atoms with Gasteiger partial charge in [-0.15, -0.1) is 0 Å². The number of benzene rings is 3. The van der Waals surface area contributed by atoms with Gasteiger partial charge in [-0.1, -0.05) is 48.5 Å². The Kier molecular flexibility index (Phi) is 7.56. The van der Waals surface area contributed by atoms with E-state index in [1.54, 1.807) is 35.2 Å². The summed E-state index contributed by atoms with van der Waals surface area (Å²) in [5.41, 5.74) is 3.04. The predicted molar refractivity (Wildman–Crippen MR) is 131 cm³/mol. The zero-order chi connectivity index (χ0) is 24.6. The molecule has 176 valence electrons. The summed E-state index contributed by atoms with van der Waals surface area (Å²) in [6.07, 6.45) is 1.49. The van der Waals surface area contributed by atoms with E-state index in [4.69, 9.17) is 14.2 Å². The van der Waals surface area contributed by atoms with Gasteiger partial charge >= 0.3 is 5.97 Å². The van der Waals surface area contributed by atoms with E-state index in [2.05, 4.69) is 0 Å². The number of morpholine rings is 1. The van der Waals surface area contributed by atoms with Crippen LogP contribution in [-0.2, 0) is 9.53 Å². The summed E-state index contributed by atoms with van der Waals surface area (Å²) in [5.74, 6) is -0.320. The minimum absolute atomic E-state index is 0.0113. The molecule has 7 heteroatoms. The molecule has 0 aromatic heterocycles. The van der Waals surface area contributed by atoms with Crippen molar-refractivity contribution in [2.24, 2.45) is 0 Å². The van der Waals surface area contributed by atoms with E-state index in [-0.39, 0.29) is 17.2 Å². The van der Waals surface area contributed by atoms with Crippen LogP contribution in [0.25, 0.3) is 17.2 Å². The van der Waals surface area contributed by atoms with Crippen LogP contribution < -0.4 is 9.47 Å². The average Bonchev–Trinajstić information content (AvgIpc) is 2.93. The van der Waals surface area contributed by atoms with Crippen molar-refractivity contribution in [3.8, 4) is 28.7 Å². The van der Waals surface area contributed by atoms with Crippen LogP contribution in [-0.4, -0.2) is 50.2 Å². The Bertz CT molecular complexity index is 1270. The van der Waals surface area contributed by atoms with Gasteiger partial charge in [-0.05, 0) is 47.0 Å². The lowest BCUT2D eigenvalue weighted by Crippen LogP contribution is -2.41. The molecule has 1 fully saturated rings. The normalized spacial score (nSPS) is 13.6. The molecule has 3 aromatic rings. The van der Waals surface area contributed by atoms with E-state index >= 15 is 0 Å². The number of nitriles is 1. The lowest BCUT2D eigenvalue weighted by atomic mass is 10.0. The van der Waals surface area contributed by atoms with Gasteiger partial charge in [0, 0.05) is 13.1 Å². The highest BCUT2D eigenvalue weighted by molar-refractivity contribution is 6.01. The van der Waals surface area contributed by atoms with Gasteiger partial charge in [0.05, 0.1) is 25.9 Å². The molecule has 1 aliphatic heterocycles. The molecule has 0 aliphatic carbocycles. The third-order valence-corrected chi connectivity index (χ3v) is 5.58. The molecule has 4 rings (SSSR count). The number of amides is 1. The molecule has 3 aromatic carbocycles. The van der Waals surface area contributed by atoms with Crippen molar-refractivity contribution in [1.29, 1.82) is 5.26 Å². The Morgan fingerprint density at radius 3 is 2.29 bits per heavy atom. The minimum Gasteiger partial charge on any atom is -0.493 e. The van der Waals surface area contributed by atoms with E-state index in [1.165, 1.54) is 13.2 Å². The zero-order valence-electron chi connectivity index (χ0n) is 19.3. The molecule has 0 atom stereocenters. The third kappa shape index (κ3) is 5.75. The van der Waals surface area contributed by atoms with Gasteiger partial charge in [-0.25, -0.2) is 4.79 Å². The fourth-order valence-electron chi connectivity index (χ4n) is 3.69. The maximum absolute atomic E-state index is 12.7. The number of carbonyl (C=O) groups is 2. The molecular weight excluding hydrogens is 444 g/mol. The van der Waals surface area contributed by atoms with Gasteiger partial charge in [0.25, 0.3) is 5.91 Å². The molecule has 0 spiro atoms.